The lowest BCUT2D eigenvalue weighted by atomic mass is 10.2. The highest BCUT2D eigenvalue weighted by molar-refractivity contribution is 7.21. The van der Waals surface area contributed by atoms with Crippen molar-refractivity contribution in [3.63, 3.8) is 0 Å². The number of nitrogens with zero attached hydrogens (tertiary/aromatic N) is 3. The number of hydrogen-bond acceptors (Lipinski definition) is 4. The summed E-state index contributed by atoms with van der Waals surface area (Å²) in [5, 5.41) is 14.2. The van der Waals surface area contributed by atoms with Crippen molar-refractivity contribution in [1.29, 1.82) is 0 Å². The van der Waals surface area contributed by atoms with E-state index in [0.29, 0.717) is 6.54 Å². The van der Waals surface area contributed by atoms with E-state index in [2.05, 4.69) is 28.1 Å². The highest BCUT2D eigenvalue weighted by atomic mass is 32.1. The van der Waals surface area contributed by atoms with Gasteiger partial charge in [0.25, 0.3) is 0 Å². The Morgan fingerprint density at radius 3 is 2.64 bits per heavy atom. The summed E-state index contributed by atoms with van der Waals surface area (Å²) in [7, 11) is 2.03. The van der Waals surface area contributed by atoms with E-state index >= 15 is 0 Å². The standard InChI is InChI=1S/C19H17N3OS2/c1-21-16(14-7-3-2-4-8-14)13-24-18(21)20-19-22(11-12-23)15-9-5-6-10-17(15)25-19/h2-10,13H,11-12H2,1H3. The molecule has 0 saturated carbocycles. The monoisotopic (exact) mass is 367 g/mol. The molecule has 0 amide bonds. The molecule has 0 bridgehead atoms. The van der Waals surface area contributed by atoms with Crippen molar-refractivity contribution in [2.75, 3.05) is 6.61 Å². The molecule has 6 heteroatoms. The van der Waals surface area contributed by atoms with Crippen LogP contribution in [0.3, 0.4) is 0 Å². The van der Waals surface area contributed by atoms with E-state index in [1.807, 2.05) is 48.0 Å². The van der Waals surface area contributed by atoms with Crippen molar-refractivity contribution in [3.05, 3.63) is 64.8 Å². The zero-order valence-corrected chi connectivity index (χ0v) is 15.4. The Bertz CT molecular complexity index is 1080. The molecule has 126 valence electrons. The summed E-state index contributed by atoms with van der Waals surface area (Å²) in [6.07, 6.45) is 0. The lowest BCUT2D eigenvalue weighted by Gasteiger charge is -2.02. The first-order valence-corrected chi connectivity index (χ1v) is 9.71. The van der Waals surface area contributed by atoms with Crippen molar-refractivity contribution in [2.45, 2.75) is 6.54 Å². The number of fused-ring (bicyclic) bond motifs is 1. The third kappa shape index (κ3) is 3.04. The Labute approximate surface area is 153 Å². The zero-order valence-electron chi connectivity index (χ0n) is 13.8. The molecule has 0 aliphatic carbocycles. The third-order valence-corrected chi connectivity index (χ3v) is 6.06. The van der Waals surface area contributed by atoms with E-state index in [9.17, 15) is 5.11 Å². The molecular formula is C19H17N3OS2. The van der Waals surface area contributed by atoms with Crippen molar-refractivity contribution in [3.8, 4) is 11.3 Å². The van der Waals surface area contributed by atoms with E-state index < -0.39 is 0 Å². The van der Waals surface area contributed by atoms with Gasteiger partial charge in [0.15, 0.2) is 0 Å². The predicted molar refractivity (Wildman–Crippen MR) is 101 cm³/mol. The van der Waals surface area contributed by atoms with Crippen LogP contribution in [0.15, 0.2) is 65.0 Å². The summed E-state index contributed by atoms with van der Waals surface area (Å²) in [4.78, 5) is 5.79. The average Bonchev–Trinajstić information content (AvgIpc) is 3.18. The third-order valence-electron chi connectivity index (χ3n) is 4.09. The first-order valence-electron chi connectivity index (χ1n) is 8.02. The average molecular weight is 367 g/mol. The Hall–Kier alpha value is -2.28. The van der Waals surface area contributed by atoms with E-state index in [4.69, 9.17) is 4.99 Å². The van der Waals surface area contributed by atoms with Gasteiger partial charge in [-0.1, -0.05) is 53.8 Å². The smallest absolute Gasteiger partial charge is 0.386 e. The molecule has 0 atom stereocenters. The Kier molecular flexibility index (Phi) is 4.48. The van der Waals surface area contributed by atoms with Crippen LogP contribution < -0.4 is 14.5 Å². The van der Waals surface area contributed by atoms with Gasteiger partial charge in [-0.3, -0.25) is 4.57 Å². The van der Waals surface area contributed by atoms with E-state index in [-0.39, 0.29) is 6.61 Å². The molecule has 0 aliphatic heterocycles. The molecule has 2 heterocycles. The molecule has 0 aliphatic rings. The van der Waals surface area contributed by atoms with Crippen LogP contribution in [0.25, 0.3) is 21.5 Å². The molecule has 0 spiro atoms. The molecule has 25 heavy (non-hydrogen) atoms. The number of benzene rings is 2. The predicted octanol–water partition coefficient (Wildman–Crippen LogP) is 2.85. The lowest BCUT2D eigenvalue weighted by molar-refractivity contribution is -0.673. The molecule has 2 aromatic carbocycles. The van der Waals surface area contributed by atoms with Crippen LogP contribution in [0.2, 0.25) is 0 Å². The maximum atomic E-state index is 11.2. The van der Waals surface area contributed by atoms with Crippen molar-refractivity contribution >= 4 is 38.0 Å². The van der Waals surface area contributed by atoms with Crippen LogP contribution in [-0.4, -0.2) is 11.2 Å². The SMILES string of the molecule is Cn1c(-c2ccccc2)csc1=Nc1sc2ccccc2[n+]1CC[O-]. The highest BCUT2D eigenvalue weighted by Crippen LogP contribution is 2.26. The molecule has 0 saturated heterocycles. The number of para-hydroxylation sites is 1. The quantitative estimate of drug-likeness (QED) is 0.512. The minimum absolute atomic E-state index is 0.153. The number of aromatic nitrogens is 2. The van der Waals surface area contributed by atoms with Gasteiger partial charge in [-0.2, -0.15) is 0 Å². The van der Waals surface area contributed by atoms with Crippen LogP contribution in [0.5, 0.6) is 0 Å². The Morgan fingerprint density at radius 1 is 1.08 bits per heavy atom. The summed E-state index contributed by atoms with van der Waals surface area (Å²) in [6, 6.07) is 18.4. The first-order chi connectivity index (χ1) is 12.3. The van der Waals surface area contributed by atoms with Gasteiger partial charge in [-0.15, -0.1) is 6.61 Å². The van der Waals surface area contributed by atoms with Gasteiger partial charge >= 0.3 is 9.93 Å². The minimum atomic E-state index is -0.153. The minimum Gasteiger partial charge on any atom is -0.852 e. The lowest BCUT2D eigenvalue weighted by Crippen LogP contribution is -2.37. The Balaban J connectivity index is 1.86. The first kappa shape index (κ1) is 16.2. The number of rotatable bonds is 4. The summed E-state index contributed by atoms with van der Waals surface area (Å²) in [6.45, 7) is 0.281. The van der Waals surface area contributed by atoms with E-state index in [1.54, 1.807) is 22.7 Å². The fraction of sp³-hybridized carbons (Fsp3) is 0.158. The van der Waals surface area contributed by atoms with E-state index in [0.717, 1.165) is 25.8 Å². The van der Waals surface area contributed by atoms with Crippen LogP contribution in [0, 0.1) is 0 Å². The maximum Gasteiger partial charge on any atom is 0.386 e. The second-order valence-corrected chi connectivity index (χ2v) is 7.49. The summed E-state index contributed by atoms with van der Waals surface area (Å²) in [5.41, 5.74) is 3.39. The van der Waals surface area contributed by atoms with Crippen molar-refractivity contribution in [1.82, 2.24) is 4.57 Å². The Morgan fingerprint density at radius 2 is 1.84 bits per heavy atom. The fourth-order valence-corrected chi connectivity index (χ4v) is 4.86. The molecule has 0 unspecified atom stereocenters. The van der Waals surface area contributed by atoms with Gasteiger partial charge in [0.2, 0.25) is 0 Å². The normalized spacial score (nSPS) is 12.2. The second kappa shape index (κ2) is 6.92. The number of thiazole rings is 2. The van der Waals surface area contributed by atoms with Crippen LogP contribution >= 0.6 is 22.7 Å². The van der Waals surface area contributed by atoms with Gasteiger partial charge in [0, 0.05) is 17.4 Å². The topological polar surface area (TPSA) is 44.2 Å². The molecule has 0 radical (unpaired) electrons. The fourth-order valence-electron chi connectivity index (χ4n) is 2.84. The van der Waals surface area contributed by atoms with Gasteiger partial charge < -0.3 is 5.11 Å². The van der Waals surface area contributed by atoms with Crippen molar-refractivity contribution in [2.24, 2.45) is 12.0 Å². The summed E-state index contributed by atoms with van der Waals surface area (Å²) < 4.78 is 5.28. The largest absolute Gasteiger partial charge is 0.852 e. The summed E-state index contributed by atoms with van der Waals surface area (Å²) in [5.74, 6) is 0. The molecule has 4 rings (SSSR count). The molecule has 0 fully saturated rings. The van der Waals surface area contributed by atoms with Gasteiger partial charge in [-0.25, -0.2) is 4.57 Å². The van der Waals surface area contributed by atoms with Gasteiger partial charge in [0.1, 0.15) is 5.52 Å². The molecule has 0 N–H and O–H groups in total. The van der Waals surface area contributed by atoms with Gasteiger partial charge in [0.05, 0.1) is 16.9 Å². The number of hydrogen-bond donors (Lipinski definition) is 0. The molecule has 4 aromatic rings. The highest BCUT2D eigenvalue weighted by Gasteiger charge is 2.18. The molecule has 4 nitrogen and oxygen atoms in total. The van der Waals surface area contributed by atoms with Crippen LogP contribution in [0.4, 0.5) is 5.13 Å². The summed E-state index contributed by atoms with van der Waals surface area (Å²) >= 11 is 3.24. The zero-order chi connectivity index (χ0) is 17.2. The van der Waals surface area contributed by atoms with E-state index in [1.165, 1.54) is 5.56 Å². The van der Waals surface area contributed by atoms with Gasteiger partial charge in [-0.05, 0) is 29.0 Å². The second-order valence-electron chi connectivity index (χ2n) is 5.65. The van der Waals surface area contributed by atoms with Crippen LogP contribution in [0.1, 0.15) is 0 Å². The maximum absolute atomic E-state index is 11.2. The molecular weight excluding hydrogens is 350 g/mol. The molecule has 2 aromatic heterocycles. The van der Waals surface area contributed by atoms with Crippen molar-refractivity contribution < 1.29 is 9.67 Å². The van der Waals surface area contributed by atoms with Crippen LogP contribution in [-0.2, 0) is 13.6 Å².